The normalized spacial score (nSPS) is 13.3. The predicted molar refractivity (Wildman–Crippen MR) is 88.9 cm³/mol. The maximum atomic E-state index is 14.5. The second-order valence-corrected chi connectivity index (χ2v) is 6.11. The standard InChI is InChI=1S/C17H16F4N4O2/c1-8(10-4-3-5-11(12(10)18)17(19,20)21)13-14-15(25(24-13)6-7-26)16(27)23-9(2)22-14/h3-5,8,26H,6-7H2,1-2H3,(H,22,23,27)/t8-/m1/s1. The fourth-order valence-corrected chi connectivity index (χ4v) is 3.02. The van der Waals surface area contributed by atoms with Crippen LogP contribution in [0.4, 0.5) is 17.6 Å². The van der Waals surface area contributed by atoms with Gasteiger partial charge in [0.2, 0.25) is 0 Å². The van der Waals surface area contributed by atoms with E-state index >= 15 is 0 Å². The first-order valence-electron chi connectivity index (χ1n) is 8.09. The number of aliphatic hydroxyl groups is 1. The van der Waals surface area contributed by atoms with Gasteiger partial charge in [-0.2, -0.15) is 18.3 Å². The Hall–Kier alpha value is -2.75. The molecule has 6 nitrogen and oxygen atoms in total. The highest BCUT2D eigenvalue weighted by Crippen LogP contribution is 2.36. The minimum atomic E-state index is -4.83. The van der Waals surface area contributed by atoms with Gasteiger partial charge in [0.25, 0.3) is 5.56 Å². The molecule has 0 saturated carbocycles. The highest BCUT2D eigenvalue weighted by Gasteiger charge is 2.36. The first-order valence-corrected chi connectivity index (χ1v) is 8.09. The molecular weight excluding hydrogens is 368 g/mol. The molecule has 10 heteroatoms. The van der Waals surface area contributed by atoms with Gasteiger partial charge in [-0.1, -0.05) is 19.1 Å². The van der Waals surface area contributed by atoms with Crippen molar-refractivity contribution in [2.45, 2.75) is 32.5 Å². The largest absolute Gasteiger partial charge is 0.419 e. The molecule has 0 aliphatic heterocycles. The van der Waals surface area contributed by atoms with Crippen molar-refractivity contribution in [1.29, 1.82) is 0 Å². The Morgan fingerprint density at radius 2 is 2.04 bits per heavy atom. The van der Waals surface area contributed by atoms with Crippen LogP contribution in [0.3, 0.4) is 0 Å². The minimum absolute atomic E-state index is 0.0118. The van der Waals surface area contributed by atoms with Crippen molar-refractivity contribution < 1.29 is 22.7 Å². The zero-order valence-corrected chi connectivity index (χ0v) is 14.4. The molecule has 0 fully saturated rings. The third kappa shape index (κ3) is 3.32. The number of alkyl halides is 3. The zero-order chi connectivity index (χ0) is 19.9. The Bertz CT molecular complexity index is 1060. The van der Waals surface area contributed by atoms with E-state index in [2.05, 4.69) is 15.1 Å². The molecule has 3 rings (SSSR count). The second-order valence-electron chi connectivity index (χ2n) is 6.11. The summed E-state index contributed by atoms with van der Waals surface area (Å²) in [5.41, 5.74) is -1.68. The van der Waals surface area contributed by atoms with E-state index in [1.165, 1.54) is 17.7 Å². The minimum Gasteiger partial charge on any atom is -0.394 e. The molecule has 2 heterocycles. The van der Waals surface area contributed by atoms with Crippen LogP contribution in [0.15, 0.2) is 23.0 Å². The second kappa shape index (κ2) is 6.76. The van der Waals surface area contributed by atoms with Gasteiger partial charge in [-0.3, -0.25) is 9.48 Å². The molecule has 0 saturated heterocycles. The van der Waals surface area contributed by atoms with Crippen molar-refractivity contribution in [1.82, 2.24) is 19.7 Å². The third-order valence-corrected chi connectivity index (χ3v) is 4.26. The van der Waals surface area contributed by atoms with E-state index < -0.39 is 29.0 Å². The number of aromatic amines is 1. The number of nitrogens with one attached hydrogen (secondary N) is 1. The molecule has 0 spiro atoms. The summed E-state index contributed by atoms with van der Waals surface area (Å²) in [6.07, 6.45) is -4.83. The van der Waals surface area contributed by atoms with E-state index in [0.29, 0.717) is 6.07 Å². The predicted octanol–water partition coefficient (Wildman–Crippen LogP) is 2.73. The Morgan fingerprint density at radius 1 is 1.33 bits per heavy atom. The van der Waals surface area contributed by atoms with Gasteiger partial charge < -0.3 is 10.1 Å². The number of aliphatic hydroxyl groups excluding tert-OH is 1. The Balaban J connectivity index is 2.23. The molecule has 1 atom stereocenters. The van der Waals surface area contributed by atoms with Gasteiger partial charge in [-0.15, -0.1) is 0 Å². The van der Waals surface area contributed by atoms with Crippen LogP contribution in [0.25, 0.3) is 11.0 Å². The average Bonchev–Trinajstić information content (AvgIpc) is 2.92. The number of aryl methyl sites for hydroxylation is 1. The van der Waals surface area contributed by atoms with Crippen molar-refractivity contribution in [3.05, 3.63) is 57.0 Å². The molecule has 0 radical (unpaired) electrons. The maximum Gasteiger partial charge on any atom is 0.419 e. The number of aromatic nitrogens is 4. The Labute approximate surface area is 150 Å². The van der Waals surface area contributed by atoms with E-state index in [4.69, 9.17) is 0 Å². The van der Waals surface area contributed by atoms with Gasteiger partial charge in [0, 0.05) is 5.92 Å². The van der Waals surface area contributed by atoms with E-state index in [1.807, 2.05) is 0 Å². The number of rotatable bonds is 4. The number of hydrogen-bond acceptors (Lipinski definition) is 4. The Kier molecular flexibility index (Phi) is 4.77. The van der Waals surface area contributed by atoms with Crippen LogP contribution in [-0.4, -0.2) is 31.5 Å². The molecule has 0 bridgehead atoms. The quantitative estimate of drug-likeness (QED) is 0.678. The van der Waals surface area contributed by atoms with E-state index in [1.54, 1.807) is 6.92 Å². The smallest absolute Gasteiger partial charge is 0.394 e. The molecule has 144 valence electrons. The van der Waals surface area contributed by atoms with E-state index in [9.17, 15) is 27.5 Å². The van der Waals surface area contributed by atoms with Gasteiger partial charge in [0.05, 0.1) is 24.4 Å². The van der Waals surface area contributed by atoms with Crippen LogP contribution in [0.1, 0.15) is 35.5 Å². The molecule has 2 aromatic heterocycles. The molecule has 2 N–H and O–H groups in total. The zero-order valence-electron chi connectivity index (χ0n) is 14.4. The summed E-state index contributed by atoms with van der Waals surface area (Å²) < 4.78 is 54.8. The third-order valence-electron chi connectivity index (χ3n) is 4.26. The van der Waals surface area contributed by atoms with Gasteiger partial charge in [0.15, 0.2) is 5.52 Å². The van der Waals surface area contributed by atoms with Crippen LogP contribution in [0.5, 0.6) is 0 Å². The van der Waals surface area contributed by atoms with Crippen molar-refractivity contribution in [2.24, 2.45) is 0 Å². The lowest BCUT2D eigenvalue weighted by molar-refractivity contribution is -0.140. The fourth-order valence-electron chi connectivity index (χ4n) is 3.02. The molecule has 1 aromatic carbocycles. The maximum absolute atomic E-state index is 14.5. The van der Waals surface area contributed by atoms with E-state index in [-0.39, 0.29) is 41.3 Å². The summed E-state index contributed by atoms with van der Waals surface area (Å²) in [6.45, 7) is 2.71. The van der Waals surface area contributed by atoms with Crippen molar-refractivity contribution in [2.75, 3.05) is 6.61 Å². The fraction of sp³-hybridized carbons (Fsp3) is 0.353. The molecule has 3 aromatic rings. The highest BCUT2D eigenvalue weighted by molar-refractivity contribution is 5.77. The molecule has 0 aliphatic carbocycles. The monoisotopic (exact) mass is 384 g/mol. The molecular formula is C17H16F4N4O2. The number of H-pyrrole nitrogens is 1. The van der Waals surface area contributed by atoms with Crippen LogP contribution in [0, 0.1) is 12.7 Å². The first kappa shape index (κ1) is 19.0. The molecule has 0 aliphatic rings. The first-order chi connectivity index (χ1) is 12.6. The summed E-state index contributed by atoms with van der Waals surface area (Å²) in [7, 11) is 0. The molecule has 27 heavy (non-hydrogen) atoms. The SMILES string of the molecule is Cc1nc2c([C@H](C)c3cccc(C(F)(F)F)c3F)nn(CCO)c2c(=O)[nH]1. The van der Waals surface area contributed by atoms with Crippen molar-refractivity contribution >= 4 is 11.0 Å². The lowest BCUT2D eigenvalue weighted by Crippen LogP contribution is -2.15. The van der Waals surface area contributed by atoms with E-state index in [0.717, 1.165) is 6.07 Å². The number of fused-ring (bicyclic) bond motifs is 1. The van der Waals surface area contributed by atoms with Gasteiger partial charge in [-0.25, -0.2) is 9.37 Å². The highest BCUT2D eigenvalue weighted by atomic mass is 19.4. The van der Waals surface area contributed by atoms with Crippen LogP contribution >= 0.6 is 0 Å². The summed E-state index contributed by atoms with van der Waals surface area (Å²) in [6, 6.07) is 3.03. The lowest BCUT2D eigenvalue weighted by Gasteiger charge is -2.15. The molecule has 0 amide bonds. The number of nitrogens with zero attached hydrogens (tertiary/aromatic N) is 3. The van der Waals surface area contributed by atoms with Crippen LogP contribution in [-0.2, 0) is 12.7 Å². The number of hydrogen-bond donors (Lipinski definition) is 2. The van der Waals surface area contributed by atoms with Crippen molar-refractivity contribution in [3.8, 4) is 0 Å². The lowest BCUT2D eigenvalue weighted by atomic mass is 9.94. The summed E-state index contributed by atoms with van der Waals surface area (Å²) in [5, 5.41) is 13.4. The average molecular weight is 384 g/mol. The van der Waals surface area contributed by atoms with Crippen LogP contribution < -0.4 is 5.56 Å². The summed E-state index contributed by atoms with van der Waals surface area (Å²) in [4.78, 5) is 19.0. The van der Waals surface area contributed by atoms with Gasteiger partial charge in [0.1, 0.15) is 17.2 Å². The number of benzene rings is 1. The Morgan fingerprint density at radius 3 is 2.67 bits per heavy atom. The topological polar surface area (TPSA) is 83.8 Å². The number of halogens is 4. The van der Waals surface area contributed by atoms with Crippen molar-refractivity contribution in [3.63, 3.8) is 0 Å². The van der Waals surface area contributed by atoms with Gasteiger partial charge in [-0.05, 0) is 18.6 Å². The van der Waals surface area contributed by atoms with Crippen LogP contribution in [0.2, 0.25) is 0 Å². The molecule has 0 unspecified atom stereocenters. The summed E-state index contributed by atoms with van der Waals surface area (Å²) in [5.74, 6) is -2.00. The summed E-state index contributed by atoms with van der Waals surface area (Å²) >= 11 is 0. The van der Waals surface area contributed by atoms with Gasteiger partial charge >= 0.3 is 6.18 Å².